The first-order chi connectivity index (χ1) is 19.0. The molecule has 0 unspecified atom stereocenters. The number of aromatic nitrogens is 1. The highest BCUT2D eigenvalue weighted by Gasteiger charge is 2.23. The number of nitrogens with zero attached hydrogens (tertiary/aromatic N) is 1. The van der Waals surface area contributed by atoms with Crippen molar-refractivity contribution < 1.29 is 23.7 Å². The lowest BCUT2D eigenvalue weighted by molar-refractivity contribution is -0.907. The number of benzene rings is 4. The minimum atomic E-state index is 0.743. The van der Waals surface area contributed by atoms with Crippen molar-refractivity contribution in [2.24, 2.45) is 7.05 Å². The van der Waals surface area contributed by atoms with Crippen LogP contribution in [0.25, 0.3) is 43.6 Å². The highest BCUT2D eigenvalue weighted by Crippen LogP contribution is 2.45. The van der Waals surface area contributed by atoms with Crippen molar-refractivity contribution in [1.82, 2.24) is 0 Å². The zero-order valence-electron chi connectivity index (χ0n) is 23.7. The van der Waals surface area contributed by atoms with E-state index in [-0.39, 0.29) is 0 Å². The predicted octanol–water partition coefficient (Wildman–Crippen LogP) is 4.73. The second kappa shape index (κ2) is 10.5. The third kappa shape index (κ3) is 4.50. The third-order valence-electron chi connectivity index (χ3n) is 8.60. The fourth-order valence-electron chi connectivity index (χ4n) is 6.22. The molecule has 0 spiro atoms. The maximum Gasteiger partial charge on any atom is 0.220 e. The molecule has 1 aromatic heterocycles. The highest BCUT2D eigenvalue weighted by atomic mass is 16.5. The molecular weight excluding hydrogens is 484 g/mol. The molecule has 2 heterocycles. The molecule has 1 aliphatic rings. The molecule has 39 heavy (non-hydrogen) atoms. The molecule has 0 bridgehead atoms. The number of hydrogen-bond acceptors (Lipinski definition) is 3. The maximum atomic E-state index is 5.98. The van der Waals surface area contributed by atoms with Gasteiger partial charge in [0.15, 0.2) is 17.7 Å². The lowest BCUT2D eigenvalue weighted by Gasteiger charge is -2.23. The third-order valence-corrected chi connectivity index (χ3v) is 8.60. The highest BCUT2D eigenvalue weighted by molar-refractivity contribution is 6.17. The second-order valence-electron chi connectivity index (χ2n) is 10.8. The first-order valence-corrected chi connectivity index (χ1v) is 13.9. The van der Waals surface area contributed by atoms with E-state index in [4.69, 9.17) is 14.2 Å². The van der Waals surface area contributed by atoms with Crippen molar-refractivity contribution in [3.05, 3.63) is 77.5 Å². The summed E-state index contributed by atoms with van der Waals surface area (Å²) in [7, 11) is 5.59. The SMILES string of the molecule is COc1cc2c(ccc3c4ccc(C)c(C)c4c[n+](C)c23)c(-c2ccc(CC[NH+]3CCOCC3)cc2)c1OC. The summed E-state index contributed by atoms with van der Waals surface area (Å²) in [6.45, 7) is 9.48. The smallest absolute Gasteiger partial charge is 0.220 e. The summed E-state index contributed by atoms with van der Waals surface area (Å²) in [5, 5.41) is 6.12. The zero-order valence-corrected chi connectivity index (χ0v) is 23.7. The number of nitrogens with one attached hydrogen (secondary N) is 1. The average Bonchev–Trinajstić information content (AvgIpc) is 2.97. The number of methoxy groups -OCH3 is 2. The van der Waals surface area contributed by atoms with Crippen LogP contribution in [0.3, 0.4) is 0 Å². The van der Waals surface area contributed by atoms with Crippen LogP contribution < -0.4 is 18.9 Å². The minimum Gasteiger partial charge on any atom is -0.493 e. The summed E-state index contributed by atoms with van der Waals surface area (Å²) in [6, 6.07) is 20.1. The van der Waals surface area contributed by atoms with Gasteiger partial charge in [0.05, 0.1) is 44.8 Å². The van der Waals surface area contributed by atoms with E-state index in [2.05, 4.69) is 86.3 Å². The minimum absolute atomic E-state index is 0.743. The van der Waals surface area contributed by atoms with Gasteiger partial charge >= 0.3 is 0 Å². The van der Waals surface area contributed by atoms with Crippen molar-refractivity contribution in [1.29, 1.82) is 0 Å². The number of morpholine rings is 1. The number of aryl methyl sites for hydroxylation is 3. The summed E-state index contributed by atoms with van der Waals surface area (Å²) in [5.41, 5.74) is 7.39. The van der Waals surface area contributed by atoms with Crippen LogP contribution in [0.2, 0.25) is 0 Å². The Kier molecular flexibility index (Phi) is 6.88. The quantitative estimate of drug-likeness (QED) is 0.259. The summed E-state index contributed by atoms with van der Waals surface area (Å²) in [5.74, 6) is 1.51. The van der Waals surface area contributed by atoms with E-state index in [0.29, 0.717) is 0 Å². The molecule has 5 nitrogen and oxygen atoms in total. The van der Waals surface area contributed by atoms with Crippen molar-refractivity contribution in [3.63, 3.8) is 0 Å². The number of fused-ring (bicyclic) bond motifs is 5. The zero-order chi connectivity index (χ0) is 27.1. The topological polar surface area (TPSA) is 36.0 Å². The van der Waals surface area contributed by atoms with Gasteiger partial charge in [-0.1, -0.05) is 42.5 Å². The Hall–Kier alpha value is -3.67. The van der Waals surface area contributed by atoms with Gasteiger partial charge in [-0.05, 0) is 48.2 Å². The fraction of sp³-hybridized carbons (Fsp3) is 0.324. The van der Waals surface area contributed by atoms with Gasteiger partial charge in [0.1, 0.15) is 20.1 Å². The van der Waals surface area contributed by atoms with E-state index >= 15 is 0 Å². The van der Waals surface area contributed by atoms with E-state index in [1.54, 1.807) is 19.1 Å². The van der Waals surface area contributed by atoms with Crippen LogP contribution in [-0.2, 0) is 18.2 Å². The lowest BCUT2D eigenvalue weighted by Crippen LogP contribution is -3.14. The van der Waals surface area contributed by atoms with Gasteiger partial charge in [-0.2, -0.15) is 4.57 Å². The molecule has 0 amide bonds. The predicted molar refractivity (Wildman–Crippen MR) is 158 cm³/mol. The van der Waals surface area contributed by atoms with Crippen molar-refractivity contribution in [2.75, 3.05) is 47.1 Å². The Morgan fingerprint density at radius 3 is 2.26 bits per heavy atom. The Bertz CT molecular complexity index is 1690. The summed E-state index contributed by atoms with van der Waals surface area (Å²) in [6.07, 6.45) is 3.33. The standard InChI is InChI=1S/C34H37N2O3/c1-22-6-11-26-28-13-12-27-29(33(28)35(3)21-30(26)23(22)2)20-31(37-4)34(38-5)32(27)25-9-7-24(8-10-25)14-15-36-16-18-39-19-17-36/h6-13,20-21H,14-19H2,1-5H3/q+1/p+1. The molecule has 1 N–H and O–H groups in total. The van der Waals surface area contributed by atoms with E-state index in [9.17, 15) is 0 Å². The molecule has 1 fully saturated rings. The van der Waals surface area contributed by atoms with Crippen molar-refractivity contribution in [2.45, 2.75) is 20.3 Å². The van der Waals surface area contributed by atoms with E-state index in [0.717, 1.165) is 72.7 Å². The summed E-state index contributed by atoms with van der Waals surface area (Å²) < 4.78 is 19.7. The normalized spacial score (nSPS) is 14.4. The Morgan fingerprint density at radius 1 is 0.821 bits per heavy atom. The number of quaternary nitrogens is 1. The van der Waals surface area contributed by atoms with Crippen LogP contribution in [0.15, 0.2) is 60.8 Å². The molecule has 5 heteroatoms. The van der Waals surface area contributed by atoms with Crippen molar-refractivity contribution in [3.8, 4) is 22.6 Å². The molecule has 6 rings (SSSR count). The van der Waals surface area contributed by atoms with Gasteiger partial charge < -0.3 is 19.1 Å². The Morgan fingerprint density at radius 2 is 1.54 bits per heavy atom. The second-order valence-corrected chi connectivity index (χ2v) is 10.8. The van der Waals surface area contributed by atoms with Gasteiger partial charge in [0.25, 0.3) is 0 Å². The van der Waals surface area contributed by atoms with E-state index < -0.39 is 0 Å². The monoisotopic (exact) mass is 522 g/mol. The molecule has 1 saturated heterocycles. The Balaban J connectivity index is 1.50. The molecule has 0 radical (unpaired) electrons. The van der Waals surface area contributed by atoms with Crippen LogP contribution in [0, 0.1) is 13.8 Å². The van der Waals surface area contributed by atoms with Gasteiger partial charge in [-0.25, -0.2) is 0 Å². The van der Waals surface area contributed by atoms with E-state index in [1.807, 2.05) is 0 Å². The van der Waals surface area contributed by atoms with Crippen molar-refractivity contribution >= 4 is 32.4 Å². The van der Waals surface area contributed by atoms with Gasteiger partial charge in [-0.15, -0.1) is 0 Å². The van der Waals surface area contributed by atoms with Crippen LogP contribution in [-0.4, -0.2) is 47.1 Å². The van der Waals surface area contributed by atoms with E-state index in [1.165, 1.54) is 38.4 Å². The fourth-order valence-corrected chi connectivity index (χ4v) is 6.22. The first-order valence-electron chi connectivity index (χ1n) is 13.9. The summed E-state index contributed by atoms with van der Waals surface area (Å²) in [4.78, 5) is 1.63. The molecule has 1 aliphatic heterocycles. The molecule has 0 saturated carbocycles. The summed E-state index contributed by atoms with van der Waals surface area (Å²) >= 11 is 0. The average molecular weight is 523 g/mol. The van der Waals surface area contributed by atoms with Gasteiger partial charge in [-0.3, -0.25) is 0 Å². The van der Waals surface area contributed by atoms with Crippen LogP contribution >= 0.6 is 0 Å². The molecule has 4 aromatic carbocycles. The molecular formula is C34H38N2O3+2. The number of rotatable bonds is 6. The number of pyridine rings is 1. The molecule has 5 aromatic rings. The number of ether oxygens (including phenoxy) is 3. The van der Waals surface area contributed by atoms with Gasteiger partial charge in [0, 0.05) is 28.1 Å². The molecule has 200 valence electrons. The number of hydrogen-bond donors (Lipinski definition) is 1. The van der Waals surface area contributed by atoms with Crippen LogP contribution in [0.4, 0.5) is 0 Å². The molecule has 0 atom stereocenters. The molecule has 0 aliphatic carbocycles. The first kappa shape index (κ1) is 25.6. The van der Waals surface area contributed by atoms with Gasteiger partial charge in [0.2, 0.25) is 5.52 Å². The van der Waals surface area contributed by atoms with Crippen LogP contribution in [0.5, 0.6) is 11.5 Å². The largest absolute Gasteiger partial charge is 0.493 e. The van der Waals surface area contributed by atoms with Crippen LogP contribution in [0.1, 0.15) is 16.7 Å². The lowest BCUT2D eigenvalue weighted by atomic mass is 9.92. The maximum absolute atomic E-state index is 5.98. The Labute approximate surface area is 230 Å².